The van der Waals surface area contributed by atoms with E-state index in [0.717, 1.165) is 87.4 Å². The van der Waals surface area contributed by atoms with Crippen molar-refractivity contribution >= 4 is 82.0 Å². The SMILES string of the molecule is [C-]#[N+]c1cc(-n2c3ccc(-c4ccccc4)cc3c3c4ccccc4ccc32)c(C#N)cc1-n1c2ccccc2c2c3oc4ccccc4c3ccc21. The molecular weight excluding hydrogens is 649 g/mol. The Hall–Kier alpha value is -7.60. The van der Waals surface area contributed by atoms with Crippen molar-refractivity contribution in [3.63, 3.8) is 0 Å². The molecule has 0 N–H and O–H groups in total. The molecule has 0 amide bonds. The maximum Gasteiger partial charge on any atom is 0.212 e. The second-order valence-electron chi connectivity index (χ2n) is 13.5. The van der Waals surface area contributed by atoms with Crippen LogP contribution < -0.4 is 0 Å². The van der Waals surface area contributed by atoms with E-state index < -0.39 is 0 Å². The average molecular weight is 675 g/mol. The zero-order valence-corrected chi connectivity index (χ0v) is 28.2. The molecule has 0 fully saturated rings. The largest absolute Gasteiger partial charge is 0.455 e. The Morgan fingerprint density at radius 3 is 2.04 bits per heavy atom. The van der Waals surface area contributed by atoms with Gasteiger partial charge in [-0.05, 0) is 76.5 Å². The first-order valence-corrected chi connectivity index (χ1v) is 17.5. The van der Waals surface area contributed by atoms with E-state index in [1.54, 1.807) is 0 Å². The molecule has 0 saturated carbocycles. The van der Waals surface area contributed by atoms with Crippen LogP contribution >= 0.6 is 0 Å². The lowest BCUT2D eigenvalue weighted by atomic mass is 10.0. The van der Waals surface area contributed by atoms with Gasteiger partial charge in [0.1, 0.15) is 17.2 Å². The Morgan fingerprint density at radius 2 is 1.19 bits per heavy atom. The maximum atomic E-state index is 10.9. The number of hydrogen-bond donors (Lipinski definition) is 0. The minimum absolute atomic E-state index is 0.447. The number of aromatic nitrogens is 2. The van der Waals surface area contributed by atoms with Crippen molar-refractivity contribution in [1.82, 2.24) is 9.13 Å². The second kappa shape index (κ2) is 10.9. The molecule has 244 valence electrons. The highest BCUT2D eigenvalue weighted by atomic mass is 16.3. The first kappa shape index (κ1) is 29.2. The summed E-state index contributed by atoms with van der Waals surface area (Å²) in [7, 11) is 0. The molecule has 0 bridgehead atoms. The molecule has 0 atom stereocenters. The molecule has 0 aliphatic heterocycles. The number of nitriles is 1. The highest BCUT2D eigenvalue weighted by Crippen LogP contribution is 2.44. The van der Waals surface area contributed by atoms with Gasteiger partial charge in [0, 0.05) is 26.9 Å². The van der Waals surface area contributed by atoms with Crippen molar-refractivity contribution in [2.75, 3.05) is 0 Å². The molecule has 3 heterocycles. The fraction of sp³-hybridized carbons (Fsp3) is 0. The van der Waals surface area contributed by atoms with Crippen LogP contribution in [0.15, 0.2) is 162 Å². The first-order chi connectivity index (χ1) is 26.2. The summed E-state index contributed by atoms with van der Waals surface area (Å²) in [4.78, 5) is 4.13. The molecule has 0 aliphatic carbocycles. The number of fused-ring (bicyclic) bond motifs is 12. The van der Waals surface area contributed by atoms with E-state index in [2.05, 4.69) is 129 Å². The van der Waals surface area contributed by atoms with Gasteiger partial charge in [-0.15, -0.1) is 0 Å². The minimum atomic E-state index is 0.447. The van der Waals surface area contributed by atoms with Crippen molar-refractivity contribution in [3.8, 4) is 28.6 Å². The zero-order valence-electron chi connectivity index (χ0n) is 28.2. The van der Waals surface area contributed by atoms with Gasteiger partial charge in [-0.25, -0.2) is 4.85 Å². The topological polar surface area (TPSA) is 51.1 Å². The predicted octanol–water partition coefficient (Wildman–Crippen LogP) is 13.0. The summed E-state index contributed by atoms with van der Waals surface area (Å²) in [5.74, 6) is 0. The highest BCUT2D eigenvalue weighted by molar-refractivity contribution is 6.24. The van der Waals surface area contributed by atoms with Gasteiger partial charge in [-0.3, -0.25) is 0 Å². The van der Waals surface area contributed by atoms with E-state index in [4.69, 9.17) is 11.0 Å². The third-order valence-electron chi connectivity index (χ3n) is 10.8. The Kier molecular flexibility index (Phi) is 6.02. The number of para-hydroxylation sites is 2. The van der Waals surface area contributed by atoms with E-state index in [9.17, 15) is 5.26 Å². The smallest absolute Gasteiger partial charge is 0.212 e. The average Bonchev–Trinajstić information content (AvgIpc) is 3.88. The molecule has 11 rings (SSSR count). The van der Waals surface area contributed by atoms with Crippen LogP contribution in [0.5, 0.6) is 0 Å². The summed E-state index contributed by atoms with van der Waals surface area (Å²) >= 11 is 0. The van der Waals surface area contributed by atoms with Crippen molar-refractivity contribution in [2.24, 2.45) is 0 Å². The van der Waals surface area contributed by atoms with E-state index in [0.29, 0.717) is 22.6 Å². The number of furan rings is 1. The highest BCUT2D eigenvalue weighted by Gasteiger charge is 2.23. The van der Waals surface area contributed by atoms with Crippen LogP contribution in [0.25, 0.3) is 104 Å². The van der Waals surface area contributed by atoms with Gasteiger partial charge < -0.3 is 13.6 Å². The molecule has 0 aliphatic rings. The van der Waals surface area contributed by atoms with Crippen LogP contribution in [0.2, 0.25) is 0 Å². The molecule has 3 aromatic heterocycles. The molecule has 8 aromatic carbocycles. The zero-order chi connectivity index (χ0) is 35.2. The normalized spacial score (nSPS) is 11.7. The van der Waals surface area contributed by atoms with Gasteiger partial charge in [0.2, 0.25) is 5.69 Å². The van der Waals surface area contributed by atoms with E-state index in [-0.39, 0.29) is 0 Å². The van der Waals surface area contributed by atoms with Crippen LogP contribution in [0.1, 0.15) is 5.56 Å². The van der Waals surface area contributed by atoms with Gasteiger partial charge in [0.15, 0.2) is 0 Å². The lowest BCUT2D eigenvalue weighted by molar-refractivity contribution is 0.673. The fourth-order valence-corrected chi connectivity index (χ4v) is 8.46. The third kappa shape index (κ3) is 4.05. The quantitative estimate of drug-likeness (QED) is 0.175. The molecule has 0 saturated heterocycles. The molecule has 5 nitrogen and oxygen atoms in total. The monoisotopic (exact) mass is 674 g/mol. The lowest BCUT2D eigenvalue weighted by Gasteiger charge is -2.16. The van der Waals surface area contributed by atoms with Crippen LogP contribution in [-0.4, -0.2) is 9.13 Å². The van der Waals surface area contributed by atoms with Crippen LogP contribution in [0.3, 0.4) is 0 Å². The van der Waals surface area contributed by atoms with Crippen LogP contribution in [0.4, 0.5) is 5.69 Å². The Balaban J connectivity index is 1.21. The number of nitrogens with zero attached hydrogens (tertiary/aromatic N) is 4. The summed E-state index contributed by atoms with van der Waals surface area (Å²) in [5.41, 5.74) is 9.95. The molecule has 5 heteroatoms. The number of benzene rings is 8. The van der Waals surface area contributed by atoms with Crippen LogP contribution in [0, 0.1) is 17.9 Å². The first-order valence-electron chi connectivity index (χ1n) is 17.5. The lowest BCUT2D eigenvalue weighted by Crippen LogP contribution is -2.01. The summed E-state index contributed by atoms with van der Waals surface area (Å²) in [5, 5.41) is 19.5. The summed E-state index contributed by atoms with van der Waals surface area (Å²) in [6.07, 6.45) is 0. The Bertz CT molecular complexity index is 3420. The molecule has 0 unspecified atom stereocenters. The summed E-state index contributed by atoms with van der Waals surface area (Å²) < 4.78 is 10.8. The van der Waals surface area contributed by atoms with Crippen molar-refractivity contribution in [1.29, 1.82) is 5.26 Å². The van der Waals surface area contributed by atoms with E-state index in [1.165, 1.54) is 0 Å². The molecule has 0 radical (unpaired) electrons. The Labute approximate surface area is 303 Å². The second-order valence-corrected chi connectivity index (χ2v) is 13.5. The summed E-state index contributed by atoms with van der Waals surface area (Å²) in [6, 6.07) is 56.5. The minimum Gasteiger partial charge on any atom is -0.455 e. The molecule has 11 aromatic rings. The van der Waals surface area contributed by atoms with Gasteiger partial charge in [-0.2, -0.15) is 5.26 Å². The van der Waals surface area contributed by atoms with Crippen LogP contribution in [-0.2, 0) is 0 Å². The van der Waals surface area contributed by atoms with Crippen molar-refractivity contribution < 1.29 is 4.42 Å². The Morgan fingerprint density at radius 1 is 0.509 bits per heavy atom. The molecule has 0 spiro atoms. The number of rotatable bonds is 3. The molecule has 53 heavy (non-hydrogen) atoms. The van der Waals surface area contributed by atoms with Gasteiger partial charge in [-0.1, -0.05) is 103 Å². The molecular formula is C48H26N4O. The summed E-state index contributed by atoms with van der Waals surface area (Å²) in [6.45, 7) is 8.52. The van der Waals surface area contributed by atoms with Gasteiger partial charge in [0.05, 0.1) is 51.0 Å². The van der Waals surface area contributed by atoms with Gasteiger partial charge >= 0.3 is 0 Å². The van der Waals surface area contributed by atoms with Crippen molar-refractivity contribution in [3.05, 3.63) is 175 Å². The van der Waals surface area contributed by atoms with Gasteiger partial charge in [0.25, 0.3) is 0 Å². The van der Waals surface area contributed by atoms with E-state index >= 15 is 0 Å². The fourth-order valence-electron chi connectivity index (χ4n) is 8.46. The predicted molar refractivity (Wildman–Crippen MR) is 216 cm³/mol. The van der Waals surface area contributed by atoms with Crippen molar-refractivity contribution in [2.45, 2.75) is 0 Å². The third-order valence-corrected chi connectivity index (χ3v) is 10.8. The number of hydrogen-bond acceptors (Lipinski definition) is 2. The van der Waals surface area contributed by atoms with E-state index in [1.807, 2.05) is 48.5 Å². The maximum absolute atomic E-state index is 10.9. The standard InChI is InChI=1S/C48H26N4O/c1-50-38-27-43(51-40-22-20-31(29-11-3-2-4-12-29)25-37(40)46-33-14-6-5-13-30(33)19-23-41(46)51)32(28-49)26-44(38)52-39-17-9-7-16-36(39)47-42(52)24-21-35-34-15-8-10-18-45(34)53-48(35)47/h2-27H.